The van der Waals surface area contributed by atoms with Crippen LogP contribution in [0.2, 0.25) is 0 Å². The molecule has 0 saturated carbocycles. The predicted octanol–water partition coefficient (Wildman–Crippen LogP) is -1.70. The van der Waals surface area contributed by atoms with Gasteiger partial charge in [0, 0.05) is 7.05 Å². The molecular weight excluding hydrogens is 122 g/mol. The van der Waals surface area contributed by atoms with Crippen molar-refractivity contribution >= 4 is 11.9 Å². The van der Waals surface area contributed by atoms with Gasteiger partial charge in [-0.2, -0.15) is 0 Å². The molecule has 1 fully saturated rings. The first kappa shape index (κ1) is 6.03. The Morgan fingerprint density at radius 2 is 2.44 bits per heavy atom. The summed E-state index contributed by atoms with van der Waals surface area (Å²) in [5.74, 6) is -0.602. The van der Waals surface area contributed by atoms with Crippen molar-refractivity contribution in [2.24, 2.45) is 0 Å². The summed E-state index contributed by atoms with van der Waals surface area (Å²) in [5.41, 5.74) is 0. The van der Waals surface area contributed by atoms with Crippen LogP contribution in [-0.4, -0.2) is 35.1 Å². The Morgan fingerprint density at radius 3 is 2.56 bits per heavy atom. The van der Waals surface area contributed by atoms with Crippen LogP contribution in [0.15, 0.2) is 0 Å². The van der Waals surface area contributed by atoms with Gasteiger partial charge in [-0.3, -0.25) is 15.5 Å². The Kier molecular flexibility index (Phi) is 1.14. The lowest BCUT2D eigenvalue weighted by atomic mass is 10.5. The predicted molar refractivity (Wildman–Crippen MR) is 29.6 cm³/mol. The molecule has 1 rings (SSSR count). The molecule has 0 radical (unpaired) electrons. The second kappa shape index (κ2) is 1.70. The fourth-order valence-corrected chi connectivity index (χ4v) is 0.568. The Labute approximate surface area is 51.8 Å². The number of likely N-dealkylation sites (N-methyl/N-ethyl adjacent to an activating group) is 1. The first-order valence-electron chi connectivity index (χ1n) is 2.43. The van der Waals surface area contributed by atoms with Gasteiger partial charge in [-0.25, -0.2) is 0 Å². The van der Waals surface area contributed by atoms with Crippen molar-refractivity contribution in [3.63, 3.8) is 0 Å². The third kappa shape index (κ3) is 0.746. The highest BCUT2D eigenvalue weighted by Gasteiger charge is 2.30. The molecule has 0 aromatic carbocycles. The van der Waals surface area contributed by atoms with Gasteiger partial charge in [-0.15, -0.1) is 0 Å². The minimum Gasteiger partial charge on any atom is -0.365 e. The Hall–Kier alpha value is -1.10. The van der Waals surface area contributed by atoms with Crippen LogP contribution in [-0.2, 0) is 4.79 Å². The Balaban J connectivity index is 2.77. The minimum atomic E-state index is -1.18. The molecule has 0 bridgehead atoms. The monoisotopic (exact) mass is 129 g/mol. The number of carbonyl (C=O) groups is 1. The van der Waals surface area contributed by atoms with E-state index < -0.39 is 12.1 Å². The number of nitrogens with one attached hydrogen (secondary N) is 2. The first-order valence-corrected chi connectivity index (χ1v) is 2.43. The molecule has 1 amide bonds. The van der Waals surface area contributed by atoms with Gasteiger partial charge in [0.25, 0.3) is 5.91 Å². The highest BCUT2D eigenvalue weighted by molar-refractivity contribution is 6.03. The molecule has 5 nitrogen and oxygen atoms in total. The average Bonchev–Trinajstić information content (AvgIpc) is 1.98. The molecule has 0 unspecified atom stereocenters. The quantitative estimate of drug-likeness (QED) is 0.365. The molecule has 1 heterocycles. The lowest BCUT2D eigenvalue weighted by molar-refractivity contribution is -0.129. The normalized spacial score (nSPS) is 26.9. The van der Waals surface area contributed by atoms with Gasteiger partial charge in [0.05, 0.1) is 0 Å². The number of carbonyl (C=O) groups excluding carboxylic acids is 1. The molecule has 1 atom stereocenters. The van der Waals surface area contributed by atoms with Gasteiger partial charge in [-0.1, -0.05) is 0 Å². The van der Waals surface area contributed by atoms with Crippen LogP contribution in [0.25, 0.3) is 0 Å². The van der Waals surface area contributed by atoms with E-state index in [4.69, 9.17) is 10.5 Å². The van der Waals surface area contributed by atoms with E-state index in [9.17, 15) is 4.79 Å². The van der Waals surface area contributed by atoms with E-state index in [1.807, 2.05) is 0 Å². The molecular formula is C4H7N3O2. The van der Waals surface area contributed by atoms with Crippen LogP contribution in [0.4, 0.5) is 0 Å². The summed E-state index contributed by atoms with van der Waals surface area (Å²) < 4.78 is 0. The molecule has 50 valence electrons. The number of guanidine groups is 1. The zero-order valence-electron chi connectivity index (χ0n) is 4.88. The maximum atomic E-state index is 10.5. The van der Waals surface area contributed by atoms with Crippen LogP contribution in [0.5, 0.6) is 0 Å². The lowest BCUT2D eigenvalue weighted by Gasteiger charge is -2.10. The van der Waals surface area contributed by atoms with Crippen molar-refractivity contribution in [2.45, 2.75) is 6.23 Å². The zero-order valence-corrected chi connectivity index (χ0v) is 4.88. The zero-order chi connectivity index (χ0) is 7.02. The van der Waals surface area contributed by atoms with E-state index in [-0.39, 0.29) is 5.96 Å². The summed E-state index contributed by atoms with van der Waals surface area (Å²) in [6.45, 7) is 0. The van der Waals surface area contributed by atoms with E-state index in [2.05, 4.69) is 5.32 Å². The second-order valence-electron chi connectivity index (χ2n) is 1.82. The number of hydrogen-bond acceptors (Lipinski definition) is 3. The number of amides is 1. The number of nitrogens with zero attached hydrogens (tertiary/aromatic N) is 1. The van der Waals surface area contributed by atoms with Crippen molar-refractivity contribution in [3.05, 3.63) is 0 Å². The highest BCUT2D eigenvalue weighted by atomic mass is 16.3. The van der Waals surface area contributed by atoms with E-state index in [0.717, 1.165) is 4.90 Å². The van der Waals surface area contributed by atoms with Gasteiger partial charge >= 0.3 is 0 Å². The number of aliphatic hydroxyl groups is 1. The maximum Gasteiger partial charge on any atom is 0.276 e. The van der Waals surface area contributed by atoms with E-state index in [1.54, 1.807) is 0 Å². The molecule has 1 aliphatic rings. The van der Waals surface area contributed by atoms with Crippen molar-refractivity contribution in [2.75, 3.05) is 7.05 Å². The molecule has 0 aromatic heterocycles. The summed E-state index contributed by atoms with van der Waals surface area (Å²) in [4.78, 5) is 11.6. The Morgan fingerprint density at radius 1 is 1.89 bits per heavy atom. The van der Waals surface area contributed by atoms with E-state index in [1.165, 1.54) is 7.05 Å². The van der Waals surface area contributed by atoms with Crippen LogP contribution >= 0.6 is 0 Å². The van der Waals surface area contributed by atoms with Gasteiger partial charge in [0.2, 0.25) is 6.23 Å². The smallest absolute Gasteiger partial charge is 0.276 e. The third-order valence-electron chi connectivity index (χ3n) is 1.20. The average molecular weight is 129 g/mol. The minimum absolute atomic E-state index is 0.0625. The van der Waals surface area contributed by atoms with Crippen LogP contribution in [0.1, 0.15) is 0 Å². The Bertz CT molecular complexity index is 149. The fraction of sp³-hybridized carbons (Fsp3) is 0.500. The number of rotatable bonds is 0. The van der Waals surface area contributed by atoms with Gasteiger partial charge in [-0.05, 0) is 0 Å². The third-order valence-corrected chi connectivity index (χ3v) is 1.20. The molecule has 5 heteroatoms. The molecule has 1 aliphatic heterocycles. The van der Waals surface area contributed by atoms with Crippen LogP contribution < -0.4 is 5.32 Å². The van der Waals surface area contributed by atoms with Crippen molar-refractivity contribution < 1.29 is 9.90 Å². The van der Waals surface area contributed by atoms with Crippen LogP contribution in [0.3, 0.4) is 0 Å². The van der Waals surface area contributed by atoms with E-state index in [0.29, 0.717) is 0 Å². The fourth-order valence-electron chi connectivity index (χ4n) is 0.568. The van der Waals surface area contributed by atoms with Gasteiger partial charge < -0.3 is 10.0 Å². The molecule has 0 aliphatic carbocycles. The SMILES string of the molecule is CN1C(=N)NC(=O)[C@@H]1O. The van der Waals surface area contributed by atoms with Crippen LogP contribution in [0, 0.1) is 5.41 Å². The number of aliphatic hydroxyl groups excluding tert-OH is 1. The number of hydrogen-bond donors (Lipinski definition) is 3. The topological polar surface area (TPSA) is 76.4 Å². The molecule has 9 heavy (non-hydrogen) atoms. The van der Waals surface area contributed by atoms with E-state index >= 15 is 0 Å². The van der Waals surface area contributed by atoms with Crippen molar-refractivity contribution in [3.8, 4) is 0 Å². The largest absolute Gasteiger partial charge is 0.365 e. The summed E-state index contributed by atoms with van der Waals surface area (Å²) >= 11 is 0. The molecule has 1 saturated heterocycles. The maximum absolute atomic E-state index is 10.5. The standard InChI is InChI=1S/C4H7N3O2/c1-7-3(9)2(8)6-4(7)5/h3,9H,1H3,(H2,5,6,8)/t3-/m0/s1. The van der Waals surface area contributed by atoms with Gasteiger partial charge in [0.1, 0.15) is 0 Å². The first-order chi connectivity index (χ1) is 4.13. The van der Waals surface area contributed by atoms with Crippen molar-refractivity contribution in [1.29, 1.82) is 5.41 Å². The summed E-state index contributed by atoms with van der Waals surface area (Å²) in [6, 6.07) is 0. The second-order valence-corrected chi connectivity index (χ2v) is 1.82. The summed E-state index contributed by atoms with van der Waals surface area (Å²) in [6.07, 6.45) is -1.18. The highest BCUT2D eigenvalue weighted by Crippen LogP contribution is 1.98. The molecule has 0 aromatic rings. The van der Waals surface area contributed by atoms with Crippen molar-refractivity contribution in [1.82, 2.24) is 10.2 Å². The van der Waals surface area contributed by atoms with Gasteiger partial charge in [0.15, 0.2) is 5.96 Å². The molecule has 3 N–H and O–H groups in total. The summed E-state index contributed by atoms with van der Waals surface area (Å²) in [7, 11) is 1.46. The summed E-state index contributed by atoms with van der Waals surface area (Å²) in [5, 5.41) is 17.9. The molecule has 0 spiro atoms. The lowest BCUT2D eigenvalue weighted by Crippen LogP contribution is -2.30.